The molecule has 1 fully saturated rings. The van der Waals surface area contributed by atoms with E-state index >= 15 is 0 Å². The summed E-state index contributed by atoms with van der Waals surface area (Å²) < 4.78 is 0. The van der Waals surface area contributed by atoms with Gasteiger partial charge in [0, 0.05) is 18.9 Å². The molecule has 0 aromatic carbocycles. The molecule has 98 valence electrons. The number of hydrogen-bond donors (Lipinski definition) is 2. The van der Waals surface area contributed by atoms with E-state index in [1.165, 1.54) is 29.7 Å². The summed E-state index contributed by atoms with van der Waals surface area (Å²) in [4.78, 5) is 15.9. The van der Waals surface area contributed by atoms with Crippen molar-refractivity contribution < 1.29 is 4.79 Å². The second-order valence-corrected chi connectivity index (χ2v) is 5.63. The molecule has 0 saturated heterocycles. The first-order chi connectivity index (χ1) is 9.31. The van der Waals surface area contributed by atoms with Crippen LogP contribution < -0.4 is 10.6 Å². The Bertz CT molecular complexity index is 564. The van der Waals surface area contributed by atoms with Crippen LogP contribution in [-0.4, -0.2) is 11.0 Å². The summed E-state index contributed by atoms with van der Waals surface area (Å²) >= 11 is 1.50. The maximum atomic E-state index is 11.7. The molecule has 0 aliphatic heterocycles. The fourth-order valence-corrected chi connectivity index (χ4v) is 2.54. The summed E-state index contributed by atoms with van der Waals surface area (Å²) in [5.41, 5.74) is 2.34. The largest absolute Gasteiger partial charge is 0.334 e. The van der Waals surface area contributed by atoms with E-state index in [4.69, 9.17) is 0 Å². The number of aromatic nitrogens is 1. The van der Waals surface area contributed by atoms with Crippen molar-refractivity contribution in [1.82, 2.24) is 10.3 Å². The van der Waals surface area contributed by atoms with Gasteiger partial charge in [-0.25, -0.2) is 4.79 Å². The Morgan fingerprint density at radius 1 is 1.42 bits per heavy atom. The van der Waals surface area contributed by atoms with Gasteiger partial charge in [-0.15, -0.1) is 11.3 Å². The molecule has 2 heterocycles. The van der Waals surface area contributed by atoms with Crippen LogP contribution in [0.5, 0.6) is 0 Å². The highest BCUT2D eigenvalue weighted by Gasteiger charge is 2.23. The summed E-state index contributed by atoms with van der Waals surface area (Å²) in [7, 11) is 0. The minimum atomic E-state index is -0.181. The van der Waals surface area contributed by atoms with E-state index in [0.29, 0.717) is 12.5 Å². The Balaban J connectivity index is 1.53. The quantitative estimate of drug-likeness (QED) is 0.897. The third-order valence-corrected chi connectivity index (χ3v) is 3.86. The van der Waals surface area contributed by atoms with Crippen molar-refractivity contribution in [2.45, 2.75) is 25.3 Å². The lowest BCUT2D eigenvalue weighted by atomic mass is 10.1. The number of carbonyl (C=O) groups is 1. The number of amides is 2. The van der Waals surface area contributed by atoms with Crippen LogP contribution in [0.15, 0.2) is 36.0 Å². The molecule has 2 N–H and O–H groups in total. The molecule has 0 unspecified atom stereocenters. The zero-order chi connectivity index (χ0) is 13.1. The SMILES string of the molecule is O=C(NCc1cncc(C2CC2)c1)Nc1cccs1. The van der Waals surface area contributed by atoms with Crippen LogP contribution in [0.25, 0.3) is 0 Å². The number of pyridine rings is 1. The molecule has 5 heteroatoms. The number of carbonyl (C=O) groups excluding carboxylic acids is 1. The molecule has 1 aliphatic carbocycles. The second kappa shape index (κ2) is 5.40. The van der Waals surface area contributed by atoms with Gasteiger partial charge >= 0.3 is 6.03 Å². The summed E-state index contributed by atoms with van der Waals surface area (Å²) in [6, 6.07) is 5.73. The molecule has 2 aromatic rings. The Morgan fingerprint density at radius 3 is 3.05 bits per heavy atom. The molecule has 4 nitrogen and oxygen atoms in total. The summed E-state index contributed by atoms with van der Waals surface area (Å²) in [6.45, 7) is 0.505. The van der Waals surface area contributed by atoms with E-state index in [-0.39, 0.29) is 6.03 Å². The Morgan fingerprint density at radius 2 is 2.32 bits per heavy atom. The lowest BCUT2D eigenvalue weighted by molar-refractivity contribution is 0.252. The fraction of sp³-hybridized carbons (Fsp3) is 0.286. The molecule has 19 heavy (non-hydrogen) atoms. The minimum Gasteiger partial charge on any atom is -0.334 e. The average molecular weight is 273 g/mol. The smallest absolute Gasteiger partial charge is 0.320 e. The van der Waals surface area contributed by atoms with E-state index < -0.39 is 0 Å². The van der Waals surface area contributed by atoms with Crippen LogP contribution in [-0.2, 0) is 6.54 Å². The van der Waals surface area contributed by atoms with E-state index in [1.54, 1.807) is 6.20 Å². The molecule has 0 bridgehead atoms. The van der Waals surface area contributed by atoms with E-state index in [0.717, 1.165) is 10.6 Å². The molecule has 1 saturated carbocycles. The predicted octanol–water partition coefficient (Wildman–Crippen LogP) is 3.34. The average Bonchev–Trinajstić information content (AvgIpc) is 3.16. The molecule has 0 radical (unpaired) electrons. The van der Waals surface area contributed by atoms with Crippen molar-refractivity contribution in [3.05, 3.63) is 47.1 Å². The van der Waals surface area contributed by atoms with Gasteiger partial charge in [0.05, 0.1) is 5.00 Å². The minimum absolute atomic E-state index is 0.181. The maximum Gasteiger partial charge on any atom is 0.320 e. The molecule has 2 amide bonds. The number of nitrogens with one attached hydrogen (secondary N) is 2. The van der Waals surface area contributed by atoms with Crippen molar-refractivity contribution in [1.29, 1.82) is 0 Å². The monoisotopic (exact) mass is 273 g/mol. The van der Waals surface area contributed by atoms with Gasteiger partial charge < -0.3 is 5.32 Å². The van der Waals surface area contributed by atoms with Crippen LogP contribution in [0.3, 0.4) is 0 Å². The predicted molar refractivity (Wildman–Crippen MR) is 76.4 cm³/mol. The third-order valence-electron chi connectivity index (χ3n) is 3.08. The Labute approximate surface area is 115 Å². The number of rotatable bonds is 4. The number of thiophene rings is 1. The molecule has 1 aliphatic rings. The van der Waals surface area contributed by atoms with Gasteiger partial charge in [0.15, 0.2) is 0 Å². The van der Waals surface area contributed by atoms with Gasteiger partial charge in [-0.05, 0) is 47.4 Å². The fourth-order valence-electron chi connectivity index (χ4n) is 1.93. The van der Waals surface area contributed by atoms with Crippen molar-refractivity contribution >= 4 is 22.4 Å². The number of anilines is 1. The maximum absolute atomic E-state index is 11.7. The van der Waals surface area contributed by atoms with E-state index in [1.807, 2.05) is 23.7 Å². The molecule has 3 rings (SSSR count). The van der Waals surface area contributed by atoms with Crippen molar-refractivity contribution in [2.24, 2.45) is 0 Å². The van der Waals surface area contributed by atoms with Crippen LogP contribution >= 0.6 is 11.3 Å². The first kappa shape index (κ1) is 12.2. The van der Waals surface area contributed by atoms with E-state index in [9.17, 15) is 4.79 Å². The van der Waals surface area contributed by atoms with Crippen LogP contribution in [0.1, 0.15) is 29.9 Å². The Kier molecular flexibility index (Phi) is 3.46. The van der Waals surface area contributed by atoms with Gasteiger partial charge in [-0.2, -0.15) is 0 Å². The number of urea groups is 1. The zero-order valence-corrected chi connectivity index (χ0v) is 11.2. The van der Waals surface area contributed by atoms with Gasteiger partial charge in [-0.1, -0.05) is 6.07 Å². The highest BCUT2D eigenvalue weighted by Crippen LogP contribution is 2.39. The van der Waals surface area contributed by atoms with Crippen molar-refractivity contribution in [3.63, 3.8) is 0 Å². The summed E-state index contributed by atoms with van der Waals surface area (Å²) in [5.74, 6) is 0.687. The van der Waals surface area contributed by atoms with Gasteiger partial charge in [0.2, 0.25) is 0 Å². The number of nitrogens with zero attached hydrogens (tertiary/aromatic N) is 1. The van der Waals surface area contributed by atoms with Crippen molar-refractivity contribution in [3.8, 4) is 0 Å². The normalized spacial score (nSPS) is 14.1. The van der Waals surface area contributed by atoms with E-state index in [2.05, 4.69) is 21.7 Å². The summed E-state index contributed by atoms with van der Waals surface area (Å²) in [5, 5.41) is 8.41. The Hall–Kier alpha value is -1.88. The number of hydrogen-bond acceptors (Lipinski definition) is 3. The van der Waals surface area contributed by atoms with Gasteiger partial charge in [0.1, 0.15) is 0 Å². The lowest BCUT2D eigenvalue weighted by Crippen LogP contribution is -2.27. The topological polar surface area (TPSA) is 54.0 Å². The summed E-state index contributed by atoms with van der Waals surface area (Å²) in [6.07, 6.45) is 6.25. The highest BCUT2D eigenvalue weighted by molar-refractivity contribution is 7.14. The standard InChI is InChI=1S/C14H15N3OS/c18-14(17-13-2-1-5-19-13)16-8-10-6-12(9-15-7-10)11-3-4-11/h1-2,5-7,9,11H,3-4,8H2,(H2,16,17,18). The second-order valence-electron chi connectivity index (χ2n) is 4.69. The van der Waals surface area contributed by atoms with Crippen LogP contribution in [0, 0.1) is 0 Å². The van der Waals surface area contributed by atoms with Crippen LogP contribution in [0.4, 0.5) is 9.80 Å². The van der Waals surface area contributed by atoms with Crippen molar-refractivity contribution in [2.75, 3.05) is 5.32 Å². The molecular weight excluding hydrogens is 258 g/mol. The molecule has 2 aromatic heterocycles. The van der Waals surface area contributed by atoms with Gasteiger partial charge in [0.25, 0.3) is 0 Å². The molecule has 0 atom stereocenters. The molecular formula is C14H15N3OS. The first-order valence-electron chi connectivity index (χ1n) is 6.33. The molecule has 0 spiro atoms. The van der Waals surface area contributed by atoms with Gasteiger partial charge in [-0.3, -0.25) is 10.3 Å². The first-order valence-corrected chi connectivity index (χ1v) is 7.21. The zero-order valence-electron chi connectivity index (χ0n) is 10.4. The van der Waals surface area contributed by atoms with Crippen LogP contribution in [0.2, 0.25) is 0 Å². The third kappa shape index (κ3) is 3.32. The highest BCUT2D eigenvalue weighted by atomic mass is 32.1. The lowest BCUT2D eigenvalue weighted by Gasteiger charge is -2.07.